The molecule has 1 atom stereocenters. The third kappa shape index (κ3) is 2.94. The number of halogens is 1. The summed E-state index contributed by atoms with van der Waals surface area (Å²) in [7, 11) is 0. The Kier molecular flexibility index (Phi) is 4.43. The predicted molar refractivity (Wildman–Crippen MR) is 83.4 cm³/mol. The van der Waals surface area contributed by atoms with Gasteiger partial charge in [-0.2, -0.15) is 0 Å². The van der Waals surface area contributed by atoms with Gasteiger partial charge in [-0.3, -0.25) is 0 Å². The molecule has 0 spiro atoms. The Morgan fingerprint density at radius 3 is 2.61 bits per heavy atom. The summed E-state index contributed by atoms with van der Waals surface area (Å²) in [4.78, 5) is 2.66. The average Bonchev–Trinajstić information content (AvgIpc) is 2.67. The van der Waals surface area contributed by atoms with Gasteiger partial charge in [0.25, 0.3) is 0 Å². The van der Waals surface area contributed by atoms with Gasteiger partial charge in [0.1, 0.15) is 0 Å². The fraction of sp³-hybridized carbons (Fsp3) is 0.286. The standard InChI is InChI=1S/C14H17BrN2S/c1-9-7-11(10(2)18-9)14(8-16)17-13-6-4-3-5-12(13)15/h3-7,14,17H,8,16H2,1-2H3. The van der Waals surface area contributed by atoms with Crippen LogP contribution in [0, 0.1) is 13.8 Å². The number of aryl methyl sites for hydroxylation is 2. The van der Waals surface area contributed by atoms with E-state index >= 15 is 0 Å². The molecule has 96 valence electrons. The van der Waals surface area contributed by atoms with Crippen molar-refractivity contribution >= 4 is 33.0 Å². The van der Waals surface area contributed by atoms with Gasteiger partial charge in [-0.15, -0.1) is 11.3 Å². The highest BCUT2D eigenvalue weighted by molar-refractivity contribution is 9.10. The van der Waals surface area contributed by atoms with Gasteiger partial charge in [0.2, 0.25) is 0 Å². The van der Waals surface area contributed by atoms with E-state index in [1.165, 1.54) is 15.3 Å². The minimum atomic E-state index is 0.161. The highest BCUT2D eigenvalue weighted by Gasteiger charge is 2.15. The molecule has 4 heteroatoms. The molecular weight excluding hydrogens is 308 g/mol. The zero-order valence-corrected chi connectivity index (χ0v) is 12.9. The maximum absolute atomic E-state index is 5.91. The topological polar surface area (TPSA) is 38.0 Å². The largest absolute Gasteiger partial charge is 0.376 e. The lowest BCUT2D eigenvalue weighted by atomic mass is 10.1. The molecule has 1 aromatic carbocycles. The Balaban J connectivity index is 2.25. The monoisotopic (exact) mass is 324 g/mol. The second kappa shape index (κ2) is 5.87. The summed E-state index contributed by atoms with van der Waals surface area (Å²) >= 11 is 5.37. The van der Waals surface area contributed by atoms with Crippen LogP contribution < -0.4 is 11.1 Å². The van der Waals surface area contributed by atoms with Gasteiger partial charge in [0, 0.05) is 26.5 Å². The SMILES string of the molecule is Cc1cc(C(CN)Nc2ccccc2Br)c(C)s1. The van der Waals surface area contributed by atoms with Crippen molar-refractivity contribution in [3.8, 4) is 0 Å². The molecule has 0 saturated heterocycles. The van der Waals surface area contributed by atoms with E-state index in [-0.39, 0.29) is 6.04 Å². The summed E-state index contributed by atoms with van der Waals surface area (Å²) in [5, 5.41) is 3.50. The van der Waals surface area contributed by atoms with Crippen molar-refractivity contribution in [1.29, 1.82) is 0 Å². The number of nitrogens with one attached hydrogen (secondary N) is 1. The third-order valence-electron chi connectivity index (χ3n) is 2.89. The van der Waals surface area contributed by atoms with Crippen molar-refractivity contribution in [3.63, 3.8) is 0 Å². The summed E-state index contributed by atoms with van der Waals surface area (Å²) in [5.74, 6) is 0. The summed E-state index contributed by atoms with van der Waals surface area (Å²) in [6, 6.07) is 10.5. The van der Waals surface area contributed by atoms with Gasteiger partial charge in [-0.25, -0.2) is 0 Å². The van der Waals surface area contributed by atoms with Crippen LogP contribution in [0.3, 0.4) is 0 Å². The highest BCUT2D eigenvalue weighted by Crippen LogP contribution is 2.30. The molecule has 0 saturated carbocycles. The molecule has 0 amide bonds. The number of benzene rings is 1. The van der Waals surface area contributed by atoms with Gasteiger partial charge >= 0.3 is 0 Å². The van der Waals surface area contributed by atoms with E-state index in [9.17, 15) is 0 Å². The van der Waals surface area contributed by atoms with E-state index in [0.29, 0.717) is 6.54 Å². The van der Waals surface area contributed by atoms with Gasteiger partial charge < -0.3 is 11.1 Å². The lowest BCUT2D eigenvalue weighted by molar-refractivity contribution is 0.787. The first-order valence-electron chi connectivity index (χ1n) is 5.90. The van der Waals surface area contributed by atoms with Crippen LogP contribution in [-0.4, -0.2) is 6.54 Å². The molecule has 2 rings (SSSR count). The first-order chi connectivity index (χ1) is 8.61. The molecule has 1 heterocycles. The van der Waals surface area contributed by atoms with Crippen molar-refractivity contribution < 1.29 is 0 Å². The third-order valence-corrected chi connectivity index (χ3v) is 4.57. The van der Waals surface area contributed by atoms with Gasteiger partial charge in [0.05, 0.1) is 6.04 Å². The molecular formula is C14H17BrN2S. The van der Waals surface area contributed by atoms with Crippen LogP contribution >= 0.6 is 27.3 Å². The van der Waals surface area contributed by atoms with Crippen LogP contribution in [0.25, 0.3) is 0 Å². The van der Waals surface area contributed by atoms with Crippen molar-refractivity contribution in [3.05, 3.63) is 50.1 Å². The van der Waals surface area contributed by atoms with Crippen LogP contribution in [-0.2, 0) is 0 Å². The molecule has 18 heavy (non-hydrogen) atoms. The van der Waals surface area contributed by atoms with Crippen LogP contribution in [0.4, 0.5) is 5.69 Å². The zero-order chi connectivity index (χ0) is 13.1. The summed E-state index contributed by atoms with van der Waals surface area (Å²) in [6.45, 7) is 4.86. The fourth-order valence-corrected chi connectivity index (χ4v) is 3.41. The van der Waals surface area contributed by atoms with Gasteiger partial charge in [-0.05, 0) is 53.5 Å². The maximum Gasteiger partial charge on any atom is 0.0647 e. The van der Waals surface area contributed by atoms with E-state index < -0.39 is 0 Å². The number of hydrogen-bond donors (Lipinski definition) is 2. The predicted octanol–water partition coefficient (Wildman–Crippen LogP) is 4.24. The quantitative estimate of drug-likeness (QED) is 0.882. The lowest BCUT2D eigenvalue weighted by Gasteiger charge is -2.19. The van der Waals surface area contributed by atoms with Gasteiger partial charge in [0.15, 0.2) is 0 Å². The van der Waals surface area contributed by atoms with Crippen molar-refractivity contribution in [2.45, 2.75) is 19.9 Å². The molecule has 0 aliphatic carbocycles. The van der Waals surface area contributed by atoms with E-state index in [2.05, 4.69) is 47.2 Å². The molecule has 0 fully saturated rings. The molecule has 2 nitrogen and oxygen atoms in total. The summed E-state index contributed by atoms with van der Waals surface area (Å²) in [5.41, 5.74) is 8.29. The second-order valence-electron chi connectivity index (χ2n) is 4.28. The molecule has 2 aromatic rings. The van der Waals surface area contributed by atoms with Crippen LogP contribution in [0.15, 0.2) is 34.8 Å². The molecule has 3 N–H and O–H groups in total. The second-order valence-corrected chi connectivity index (χ2v) is 6.60. The minimum Gasteiger partial charge on any atom is -0.376 e. The van der Waals surface area contributed by atoms with Gasteiger partial charge in [-0.1, -0.05) is 12.1 Å². The molecule has 0 radical (unpaired) electrons. The van der Waals surface area contributed by atoms with Crippen LogP contribution in [0.5, 0.6) is 0 Å². The molecule has 0 aliphatic heterocycles. The Morgan fingerprint density at radius 2 is 2.06 bits per heavy atom. The summed E-state index contributed by atoms with van der Waals surface area (Å²) < 4.78 is 1.06. The fourth-order valence-electron chi connectivity index (χ4n) is 2.03. The zero-order valence-electron chi connectivity index (χ0n) is 10.5. The Morgan fingerprint density at radius 1 is 1.33 bits per heavy atom. The highest BCUT2D eigenvalue weighted by atomic mass is 79.9. The van der Waals surface area contributed by atoms with Crippen molar-refractivity contribution in [2.75, 3.05) is 11.9 Å². The van der Waals surface area contributed by atoms with E-state index in [4.69, 9.17) is 5.73 Å². The normalized spacial score (nSPS) is 12.4. The molecule has 1 aromatic heterocycles. The Labute approximate surface area is 120 Å². The Hall–Kier alpha value is -0.840. The molecule has 1 unspecified atom stereocenters. The van der Waals surface area contributed by atoms with Crippen molar-refractivity contribution in [2.24, 2.45) is 5.73 Å². The van der Waals surface area contributed by atoms with Crippen LogP contribution in [0.2, 0.25) is 0 Å². The summed E-state index contributed by atoms with van der Waals surface area (Å²) in [6.07, 6.45) is 0. The first-order valence-corrected chi connectivity index (χ1v) is 7.51. The van der Waals surface area contributed by atoms with E-state index in [1.54, 1.807) is 0 Å². The number of para-hydroxylation sites is 1. The van der Waals surface area contributed by atoms with E-state index in [1.807, 2.05) is 29.5 Å². The average molecular weight is 325 g/mol. The lowest BCUT2D eigenvalue weighted by Crippen LogP contribution is -2.20. The van der Waals surface area contributed by atoms with Crippen LogP contribution in [0.1, 0.15) is 21.4 Å². The first kappa shape index (κ1) is 13.6. The van der Waals surface area contributed by atoms with Crippen molar-refractivity contribution in [1.82, 2.24) is 0 Å². The number of thiophene rings is 1. The Bertz CT molecular complexity index is 536. The number of nitrogens with two attached hydrogens (primary N) is 1. The molecule has 0 aliphatic rings. The molecule has 0 bridgehead atoms. The van der Waals surface area contributed by atoms with E-state index in [0.717, 1.165) is 10.2 Å². The maximum atomic E-state index is 5.91. The smallest absolute Gasteiger partial charge is 0.0647 e. The number of rotatable bonds is 4. The number of anilines is 1. The number of hydrogen-bond acceptors (Lipinski definition) is 3. The minimum absolute atomic E-state index is 0.161.